The zero-order valence-corrected chi connectivity index (χ0v) is 21.5. The fraction of sp³-hybridized carbons (Fsp3) is 0.370. The molecule has 0 saturated carbocycles. The average Bonchev–Trinajstić information content (AvgIpc) is 3.52. The molecule has 0 fully saturated rings. The SMILES string of the molecule is C=CCC(F)(F)c1cnc2nc(CC)c(C(=O)NCc3ccc(-c4nc5n(n4)CC[C@@H](C(F)(F)F)C5)cc3)n2c1. The van der Waals surface area contributed by atoms with Crippen LogP contribution in [0.15, 0.2) is 49.3 Å². The number of carbonyl (C=O) groups excluding carboxylic acids is 1. The molecule has 1 aromatic carbocycles. The lowest BCUT2D eigenvalue weighted by atomic mass is 9.98. The highest BCUT2D eigenvalue weighted by atomic mass is 19.4. The van der Waals surface area contributed by atoms with Crippen LogP contribution in [0.5, 0.6) is 0 Å². The summed E-state index contributed by atoms with van der Waals surface area (Å²) < 4.78 is 71.1. The molecule has 1 atom stereocenters. The van der Waals surface area contributed by atoms with Gasteiger partial charge >= 0.3 is 6.18 Å². The van der Waals surface area contributed by atoms with Gasteiger partial charge in [-0.15, -0.1) is 6.58 Å². The topological polar surface area (TPSA) is 90.0 Å². The molecule has 40 heavy (non-hydrogen) atoms. The Bertz CT molecular complexity index is 1560. The summed E-state index contributed by atoms with van der Waals surface area (Å²) in [7, 11) is 0. The van der Waals surface area contributed by atoms with Crippen molar-refractivity contribution in [1.82, 2.24) is 34.4 Å². The molecule has 1 aliphatic rings. The number of benzene rings is 1. The molecule has 0 unspecified atom stereocenters. The lowest BCUT2D eigenvalue weighted by Crippen LogP contribution is -2.31. The maximum absolute atomic E-state index is 14.5. The molecule has 1 aliphatic heterocycles. The Balaban J connectivity index is 1.30. The molecule has 4 aromatic rings. The van der Waals surface area contributed by atoms with E-state index in [-0.39, 0.29) is 43.0 Å². The van der Waals surface area contributed by atoms with Gasteiger partial charge in [0.25, 0.3) is 11.8 Å². The van der Waals surface area contributed by atoms with E-state index in [2.05, 4.69) is 31.9 Å². The number of aromatic nitrogens is 6. The van der Waals surface area contributed by atoms with Crippen molar-refractivity contribution >= 4 is 11.7 Å². The van der Waals surface area contributed by atoms with Crippen LogP contribution in [0.4, 0.5) is 22.0 Å². The summed E-state index contributed by atoms with van der Waals surface area (Å²) in [6, 6.07) is 6.96. The van der Waals surface area contributed by atoms with Gasteiger partial charge in [0.15, 0.2) is 5.82 Å². The number of hydrogen-bond donors (Lipinski definition) is 1. The molecular weight excluding hydrogens is 533 g/mol. The molecule has 1 amide bonds. The molecule has 0 bridgehead atoms. The van der Waals surface area contributed by atoms with Crippen molar-refractivity contribution in [3.8, 4) is 11.4 Å². The van der Waals surface area contributed by atoms with Crippen LogP contribution in [0.2, 0.25) is 0 Å². The van der Waals surface area contributed by atoms with Crippen LogP contribution in [0.1, 0.15) is 52.9 Å². The van der Waals surface area contributed by atoms with Crippen LogP contribution in [-0.4, -0.2) is 41.2 Å². The number of hydrogen-bond acceptors (Lipinski definition) is 5. The number of allylic oxidation sites excluding steroid dienone is 1. The van der Waals surface area contributed by atoms with E-state index in [1.807, 2.05) is 0 Å². The van der Waals surface area contributed by atoms with Crippen LogP contribution in [0, 0.1) is 5.92 Å². The Hall–Kier alpha value is -4.16. The first-order valence-corrected chi connectivity index (χ1v) is 12.7. The quantitative estimate of drug-likeness (QED) is 0.235. The van der Waals surface area contributed by atoms with Gasteiger partial charge in [0.05, 0.1) is 17.2 Å². The normalized spacial score (nSPS) is 15.7. The Labute approximate surface area is 226 Å². The second-order valence-corrected chi connectivity index (χ2v) is 9.66. The largest absolute Gasteiger partial charge is 0.392 e. The van der Waals surface area contributed by atoms with E-state index in [4.69, 9.17) is 0 Å². The summed E-state index contributed by atoms with van der Waals surface area (Å²) in [4.78, 5) is 25.8. The summed E-state index contributed by atoms with van der Waals surface area (Å²) in [6.07, 6.45) is -1.33. The van der Waals surface area contributed by atoms with Crippen molar-refractivity contribution in [2.24, 2.45) is 5.92 Å². The zero-order valence-electron chi connectivity index (χ0n) is 21.5. The fourth-order valence-electron chi connectivity index (χ4n) is 4.70. The highest BCUT2D eigenvalue weighted by Crippen LogP contribution is 2.35. The zero-order chi connectivity index (χ0) is 28.7. The van der Waals surface area contributed by atoms with Gasteiger partial charge in [-0.3, -0.25) is 9.20 Å². The van der Waals surface area contributed by atoms with Crippen LogP contribution in [-0.2, 0) is 31.9 Å². The van der Waals surface area contributed by atoms with Gasteiger partial charge in [-0.1, -0.05) is 37.3 Å². The molecular formula is C27H26F5N7O. The number of nitrogens with one attached hydrogen (secondary N) is 1. The van der Waals surface area contributed by atoms with Gasteiger partial charge in [0.2, 0.25) is 5.78 Å². The van der Waals surface area contributed by atoms with Crippen LogP contribution >= 0.6 is 0 Å². The van der Waals surface area contributed by atoms with Gasteiger partial charge in [-0.25, -0.2) is 28.4 Å². The predicted molar refractivity (Wildman–Crippen MR) is 136 cm³/mol. The van der Waals surface area contributed by atoms with E-state index in [1.54, 1.807) is 31.2 Å². The smallest absolute Gasteiger partial charge is 0.347 e. The number of aryl methyl sites for hydroxylation is 2. The highest BCUT2D eigenvalue weighted by Gasteiger charge is 2.42. The Morgan fingerprint density at radius 1 is 1.18 bits per heavy atom. The molecule has 5 rings (SSSR count). The van der Waals surface area contributed by atoms with E-state index in [9.17, 15) is 26.7 Å². The monoisotopic (exact) mass is 559 g/mol. The number of amides is 1. The first-order chi connectivity index (χ1) is 19.0. The number of nitrogens with zero attached hydrogens (tertiary/aromatic N) is 6. The Morgan fingerprint density at radius 2 is 1.93 bits per heavy atom. The Morgan fingerprint density at radius 3 is 2.60 bits per heavy atom. The molecule has 4 heterocycles. The minimum Gasteiger partial charge on any atom is -0.347 e. The molecule has 0 spiro atoms. The maximum atomic E-state index is 14.5. The summed E-state index contributed by atoms with van der Waals surface area (Å²) in [6.45, 7) is 5.46. The van der Waals surface area contributed by atoms with Crippen LogP contribution < -0.4 is 5.32 Å². The molecule has 0 aliphatic carbocycles. The molecule has 3 aromatic heterocycles. The summed E-state index contributed by atoms with van der Waals surface area (Å²) >= 11 is 0. The van der Waals surface area contributed by atoms with E-state index < -0.39 is 30.3 Å². The minimum atomic E-state index is -4.26. The van der Waals surface area contributed by atoms with Gasteiger partial charge in [-0.2, -0.15) is 18.3 Å². The molecule has 13 heteroatoms. The van der Waals surface area contributed by atoms with Gasteiger partial charge in [-0.05, 0) is 18.4 Å². The lowest BCUT2D eigenvalue weighted by molar-refractivity contribution is -0.179. The van der Waals surface area contributed by atoms with Crippen molar-refractivity contribution in [3.05, 3.63) is 77.7 Å². The standard InChI is InChI=1S/C27H26F5N7O/c1-3-10-26(28,29)19-14-34-25-35-20(4-2)22(38(25)15-19)24(40)33-13-16-5-7-17(8-6-16)23-36-21-12-18(27(30,31)32)9-11-39(21)37-23/h3,5-8,14-15,18H,1,4,9-13H2,2H3,(H,33,40)/t18-/m1/s1. The lowest BCUT2D eigenvalue weighted by Gasteiger charge is -2.24. The van der Waals surface area contributed by atoms with E-state index in [0.717, 1.165) is 17.8 Å². The summed E-state index contributed by atoms with van der Waals surface area (Å²) in [5, 5.41) is 7.15. The maximum Gasteiger partial charge on any atom is 0.392 e. The molecule has 0 radical (unpaired) electrons. The second kappa shape index (κ2) is 10.4. The predicted octanol–water partition coefficient (Wildman–Crippen LogP) is 5.27. The highest BCUT2D eigenvalue weighted by molar-refractivity contribution is 5.94. The number of imidazole rings is 1. The molecule has 0 saturated heterocycles. The van der Waals surface area contributed by atoms with E-state index >= 15 is 0 Å². The Kier molecular flexibility index (Phi) is 7.15. The van der Waals surface area contributed by atoms with E-state index in [0.29, 0.717) is 29.3 Å². The van der Waals surface area contributed by atoms with Crippen LogP contribution in [0.3, 0.4) is 0 Å². The fourth-order valence-corrected chi connectivity index (χ4v) is 4.70. The first kappa shape index (κ1) is 27.4. The first-order valence-electron chi connectivity index (χ1n) is 12.7. The number of halogens is 5. The number of rotatable bonds is 8. The number of alkyl halides is 5. The second-order valence-electron chi connectivity index (χ2n) is 9.66. The molecule has 8 nitrogen and oxygen atoms in total. The van der Waals surface area contributed by atoms with Crippen molar-refractivity contribution in [3.63, 3.8) is 0 Å². The minimum absolute atomic E-state index is 0.0290. The van der Waals surface area contributed by atoms with Crippen molar-refractivity contribution in [2.75, 3.05) is 0 Å². The summed E-state index contributed by atoms with van der Waals surface area (Å²) in [5.41, 5.74) is 1.57. The third-order valence-corrected chi connectivity index (χ3v) is 6.92. The number of fused-ring (bicyclic) bond motifs is 2. The van der Waals surface area contributed by atoms with Crippen molar-refractivity contribution in [1.29, 1.82) is 0 Å². The van der Waals surface area contributed by atoms with Crippen molar-refractivity contribution in [2.45, 2.75) is 57.8 Å². The van der Waals surface area contributed by atoms with Gasteiger partial charge < -0.3 is 5.32 Å². The molecule has 1 N–H and O–H groups in total. The third-order valence-electron chi connectivity index (χ3n) is 6.92. The number of carbonyl (C=O) groups is 1. The van der Waals surface area contributed by atoms with Crippen molar-refractivity contribution < 1.29 is 26.7 Å². The average molecular weight is 560 g/mol. The van der Waals surface area contributed by atoms with E-state index in [1.165, 1.54) is 15.3 Å². The molecule has 210 valence electrons. The van der Waals surface area contributed by atoms with Crippen LogP contribution in [0.25, 0.3) is 17.2 Å². The van der Waals surface area contributed by atoms with Gasteiger partial charge in [0.1, 0.15) is 11.5 Å². The third kappa shape index (κ3) is 5.32. The summed E-state index contributed by atoms with van der Waals surface area (Å²) in [5.74, 6) is -4.33. The van der Waals surface area contributed by atoms with Gasteiger partial charge in [0, 0.05) is 43.9 Å².